The molecule has 1 aliphatic carbocycles. The van der Waals surface area contributed by atoms with Crippen LogP contribution in [0.1, 0.15) is 70.0 Å². The fraction of sp³-hybridized carbons (Fsp3) is 0.484. The zero-order chi connectivity index (χ0) is 29.4. The van der Waals surface area contributed by atoms with Gasteiger partial charge in [0.05, 0.1) is 23.9 Å². The summed E-state index contributed by atoms with van der Waals surface area (Å²) in [6, 6.07) is 12.4. The first kappa shape index (κ1) is 29.0. The van der Waals surface area contributed by atoms with E-state index in [1.165, 1.54) is 11.1 Å². The van der Waals surface area contributed by atoms with E-state index in [9.17, 15) is 23.5 Å². The number of halogens is 2. The molecule has 0 bridgehead atoms. The molecule has 10 heteroatoms. The Hall–Kier alpha value is -3.50. The number of carbonyl (C=O) groups excluding carboxylic acids is 2. The van der Waals surface area contributed by atoms with Crippen LogP contribution in [0.15, 0.2) is 54.7 Å². The number of benzene rings is 2. The Morgan fingerprint density at radius 1 is 1.10 bits per heavy atom. The molecule has 2 heterocycles. The number of hydrogen-bond donors (Lipinski definition) is 3. The van der Waals surface area contributed by atoms with Gasteiger partial charge in [0.1, 0.15) is 6.04 Å². The molecule has 1 aliphatic heterocycles. The molecular formula is C31H37F2N5O3. The lowest BCUT2D eigenvalue weighted by molar-refractivity contribution is -0.128. The fourth-order valence-corrected chi connectivity index (χ4v) is 5.71. The summed E-state index contributed by atoms with van der Waals surface area (Å²) in [4.78, 5) is 29.9. The largest absolute Gasteiger partial charge is 0.392 e. The fourth-order valence-electron chi connectivity index (χ4n) is 5.71. The van der Waals surface area contributed by atoms with Crippen molar-refractivity contribution in [3.8, 4) is 0 Å². The van der Waals surface area contributed by atoms with E-state index in [1.54, 1.807) is 6.07 Å². The SMILES string of the molecule is CC(C)(C)c1ccc(N(C(=O)[C@H]2C[C@@H](O)CN2)C(C(=O)NC2CCC(F)(F)CC2)c2cnnc3ccccc23)cc1. The summed E-state index contributed by atoms with van der Waals surface area (Å²) in [6.07, 6.45) is 0.691. The molecule has 5 rings (SSSR count). The molecule has 8 nitrogen and oxygen atoms in total. The normalized spacial score (nSPS) is 21.9. The van der Waals surface area contributed by atoms with Crippen LogP contribution in [0.2, 0.25) is 0 Å². The van der Waals surface area contributed by atoms with Gasteiger partial charge in [-0.2, -0.15) is 10.2 Å². The van der Waals surface area contributed by atoms with Gasteiger partial charge < -0.3 is 15.7 Å². The number of nitrogens with zero attached hydrogens (tertiary/aromatic N) is 3. The van der Waals surface area contributed by atoms with Crippen molar-refractivity contribution >= 4 is 28.4 Å². The zero-order valence-electron chi connectivity index (χ0n) is 23.6. The molecule has 0 radical (unpaired) electrons. The average molecular weight is 566 g/mol. The Balaban J connectivity index is 1.61. The Morgan fingerprint density at radius 3 is 2.41 bits per heavy atom. The number of aliphatic hydroxyl groups is 1. The third kappa shape index (κ3) is 6.38. The third-order valence-electron chi connectivity index (χ3n) is 8.10. The topological polar surface area (TPSA) is 107 Å². The molecule has 3 atom stereocenters. The summed E-state index contributed by atoms with van der Waals surface area (Å²) in [7, 11) is 0. The highest BCUT2D eigenvalue weighted by molar-refractivity contribution is 6.05. The Kier molecular flexibility index (Phi) is 8.07. The van der Waals surface area contributed by atoms with E-state index in [0.717, 1.165) is 5.56 Å². The predicted molar refractivity (Wildman–Crippen MR) is 153 cm³/mol. The van der Waals surface area contributed by atoms with Gasteiger partial charge in [0.2, 0.25) is 17.7 Å². The number of aromatic nitrogens is 2. The van der Waals surface area contributed by atoms with Crippen molar-refractivity contribution in [2.24, 2.45) is 0 Å². The molecule has 2 amide bonds. The number of β-amino-alcohol motifs (C(OH)–C–C–N with tert-alkyl or cyclic N) is 1. The molecule has 1 saturated heterocycles. The maximum atomic E-state index is 14.2. The van der Waals surface area contributed by atoms with Crippen molar-refractivity contribution in [2.75, 3.05) is 11.4 Å². The lowest BCUT2D eigenvalue weighted by atomic mass is 9.87. The number of nitrogens with one attached hydrogen (secondary N) is 2. The van der Waals surface area contributed by atoms with Crippen LogP contribution in [0.3, 0.4) is 0 Å². The summed E-state index contributed by atoms with van der Waals surface area (Å²) in [5.74, 6) is -3.59. The number of amides is 2. The molecule has 41 heavy (non-hydrogen) atoms. The monoisotopic (exact) mass is 565 g/mol. The Labute approximate surface area is 238 Å². The van der Waals surface area contributed by atoms with Crippen molar-refractivity contribution in [1.29, 1.82) is 0 Å². The van der Waals surface area contributed by atoms with E-state index in [4.69, 9.17) is 0 Å². The molecule has 1 saturated carbocycles. The number of carbonyl (C=O) groups is 2. The van der Waals surface area contributed by atoms with Gasteiger partial charge in [0, 0.05) is 42.1 Å². The molecule has 3 N–H and O–H groups in total. The van der Waals surface area contributed by atoms with Crippen molar-refractivity contribution in [2.45, 2.75) is 88.4 Å². The van der Waals surface area contributed by atoms with Crippen LogP contribution < -0.4 is 15.5 Å². The van der Waals surface area contributed by atoms with Crippen LogP contribution in [-0.4, -0.2) is 57.8 Å². The smallest absolute Gasteiger partial charge is 0.248 e. The second kappa shape index (κ2) is 11.4. The van der Waals surface area contributed by atoms with Crippen LogP contribution in [0.5, 0.6) is 0 Å². The van der Waals surface area contributed by atoms with Gasteiger partial charge in [-0.05, 0) is 48.4 Å². The highest BCUT2D eigenvalue weighted by Crippen LogP contribution is 2.36. The quantitative estimate of drug-likeness (QED) is 0.409. The molecule has 2 aliphatic rings. The number of fused-ring (bicyclic) bond motifs is 1. The van der Waals surface area contributed by atoms with E-state index in [-0.39, 0.29) is 50.0 Å². The first-order valence-corrected chi connectivity index (χ1v) is 14.2. The first-order valence-electron chi connectivity index (χ1n) is 14.2. The number of alkyl halides is 2. The van der Waals surface area contributed by atoms with Crippen LogP contribution in [0.4, 0.5) is 14.5 Å². The summed E-state index contributed by atoms with van der Waals surface area (Å²) in [5, 5.41) is 25.3. The van der Waals surface area contributed by atoms with Crippen molar-refractivity contribution in [3.63, 3.8) is 0 Å². The van der Waals surface area contributed by atoms with Crippen molar-refractivity contribution in [1.82, 2.24) is 20.8 Å². The highest BCUT2D eigenvalue weighted by Gasteiger charge is 2.41. The summed E-state index contributed by atoms with van der Waals surface area (Å²) < 4.78 is 27.8. The van der Waals surface area contributed by atoms with E-state index >= 15 is 0 Å². The van der Waals surface area contributed by atoms with Gasteiger partial charge in [-0.3, -0.25) is 14.5 Å². The summed E-state index contributed by atoms with van der Waals surface area (Å²) in [6.45, 7) is 6.54. The van der Waals surface area contributed by atoms with Crippen LogP contribution in [0, 0.1) is 0 Å². The standard InChI is InChI=1S/C31H37F2N5O3/c1-30(2,3)19-8-10-21(11-9-19)38(29(41)26-16-22(39)17-34-26)27(24-18-35-37-25-7-5-4-6-23(24)25)28(40)36-20-12-14-31(32,33)15-13-20/h4-11,18,20,22,26-27,34,39H,12-17H2,1-3H3,(H,36,40)/t22-,26-,27?/m1/s1. The minimum Gasteiger partial charge on any atom is -0.392 e. The van der Waals surface area contributed by atoms with Gasteiger partial charge in [-0.1, -0.05) is 51.1 Å². The van der Waals surface area contributed by atoms with Gasteiger partial charge >= 0.3 is 0 Å². The van der Waals surface area contributed by atoms with Crippen molar-refractivity contribution in [3.05, 3.63) is 65.9 Å². The van der Waals surface area contributed by atoms with Gasteiger partial charge in [-0.15, -0.1) is 0 Å². The second-order valence-corrected chi connectivity index (χ2v) is 12.2. The number of aliphatic hydroxyl groups excluding tert-OH is 1. The van der Waals surface area contributed by atoms with Gasteiger partial charge in [0.25, 0.3) is 0 Å². The predicted octanol–water partition coefficient (Wildman–Crippen LogP) is 4.42. The molecule has 3 aromatic rings. The molecule has 218 valence electrons. The maximum absolute atomic E-state index is 14.2. The lowest BCUT2D eigenvalue weighted by Gasteiger charge is -2.36. The van der Waals surface area contributed by atoms with E-state index in [0.29, 0.717) is 22.2 Å². The number of rotatable bonds is 6. The second-order valence-electron chi connectivity index (χ2n) is 12.2. The van der Waals surface area contributed by atoms with Gasteiger partial charge in [0.15, 0.2) is 0 Å². The van der Waals surface area contributed by atoms with Crippen LogP contribution in [0.25, 0.3) is 10.9 Å². The molecule has 2 aromatic carbocycles. The molecular weight excluding hydrogens is 528 g/mol. The van der Waals surface area contributed by atoms with Gasteiger partial charge in [-0.25, -0.2) is 8.78 Å². The lowest BCUT2D eigenvalue weighted by Crippen LogP contribution is -2.52. The van der Waals surface area contributed by atoms with E-state index in [2.05, 4.69) is 41.6 Å². The minimum atomic E-state index is -2.74. The zero-order valence-corrected chi connectivity index (χ0v) is 23.6. The Morgan fingerprint density at radius 2 is 1.78 bits per heavy atom. The minimum absolute atomic E-state index is 0.129. The van der Waals surface area contributed by atoms with E-state index in [1.807, 2.05) is 42.5 Å². The molecule has 0 spiro atoms. The van der Waals surface area contributed by atoms with Crippen LogP contribution in [-0.2, 0) is 15.0 Å². The van der Waals surface area contributed by atoms with E-state index < -0.39 is 36.1 Å². The molecule has 2 fully saturated rings. The first-order chi connectivity index (χ1) is 19.4. The Bertz CT molecular complexity index is 1390. The highest BCUT2D eigenvalue weighted by atomic mass is 19.3. The maximum Gasteiger partial charge on any atom is 0.248 e. The summed E-state index contributed by atoms with van der Waals surface area (Å²) in [5.41, 5.74) is 2.46. The average Bonchev–Trinajstić information content (AvgIpc) is 3.38. The summed E-state index contributed by atoms with van der Waals surface area (Å²) >= 11 is 0. The number of anilines is 1. The van der Waals surface area contributed by atoms with Crippen molar-refractivity contribution < 1.29 is 23.5 Å². The molecule has 1 aromatic heterocycles. The molecule has 1 unspecified atom stereocenters. The number of hydrogen-bond acceptors (Lipinski definition) is 6. The van der Waals surface area contributed by atoms with Crippen LogP contribution >= 0.6 is 0 Å². The third-order valence-corrected chi connectivity index (χ3v) is 8.10.